The van der Waals surface area contributed by atoms with E-state index in [1.165, 1.54) is 0 Å². The Kier molecular flexibility index (Phi) is 2.28. The summed E-state index contributed by atoms with van der Waals surface area (Å²) in [5.74, 6) is 1.10. The SMILES string of the molecule is CSC1(C)OC(C)(C)CS1. The molecule has 0 bridgehead atoms. The summed E-state index contributed by atoms with van der Waals surface area (Å²) in [6.07, 6.45) is 2.09. The summed E-state index contributed by atoms with van der Waals surface area (Å²) in [6.45, 7) is 6.42. The van der Waals surface area contributed by atoms with Crippen molar-refractivity contribution in [3.63, 3.8) is 0 Å². The molecule has 1 saturated heterocycles. The molecule has 1 nitrogen and oxygen atoms in total. The van der Waals surface area contributed by atoms with E-state index in [0.717, 1.165) is 5.75 Å². The van der Waals surface area contributed by atoms with Crippen molar-refractivity contribution in [3.8, 4) is 0 Å². The largest absolute Gasteiger partial charge is 0.348 e. The van der Waals surface area contributed by atoms with Crippen LogP contribution in [0.2, 0.25) is 0 Å². The van der Waals surface area contributed by atoms with E-state index in [2.05, 4.69) is 27.0 Å². The smallest absolute Gasteiger partial charge is 0.158 e. The van der Waals surface area contributed by atoms with E-state index < -0.39 is 0 Å². The quantitative estimate of drug-likeness (QED) is 0.611. The van der Waals surface area contributed by atoms with E-state index >= 15 is 0 Å². The molecular formula is C7H14OS2. The summed E-state index contributed by atoms with van der Waals surface area (Å²) in [7, 11) is 0. The monoisotopic (exact) mass is 178 g/mol. The van der Waals surface area contributed by atoms with Gasteiger partial charge in [-0.3, -0.25) is 0 Å². The predicted molar refractivity (Wildman–Crippen MR) is 49.5 cm³/mol. The van der Waals surface area contributed by atoms with Gasteiger partial charge in [0.25, 0.3) is 0 Å². The fourth-order valence-corrected chi connectivity index (χ4v) is 2.88. The van der Waals surface area contributed by atoms with Crippen molar-refractivity contribution in [2.75, 3.05) is 12.0 Å². The number of hydrogen-bond donors (Lipinski definition) is 0. The van der Waals surface area contributed by atoms with Gasteiger partial charge < -0.3 is 4.74 Å². The van der Waals surface area contributed by atoms with Gasteiger partial charge in [-0.2, -0.15) is 0 Å². The van der Waals surface area contributed by atoms with E-state index in [1.54, 1.807) is 11.8 Å². The Morgan fingerprint density at radius 1 is 1.40 bits per heavy atom. The molecule has 60 valence electrons. The summed E-state index contributed by atoms with van der Waals surface area (Å²) in [5.41, 5.74) is 0.0719. The van der Waals surface area contributed by atoms with Gasteiger partial charge in [-0.25, -0.2) is 0 Å². The van der Waals surface area contributed by atoms with Gasteiger partial charge in [-0.05, 0) is 27.0 Å². The third-order valence-electron chi connectivity index (χ3n) is 1.51. The molecule has 0 radical (unpaired) electrons. The van der Waals surface area contributed by atoms with Crippen molar-refractivity contribution in [2.45, 2.75) is 30.6 Å². The first-order chi connectivity index (χ1) is 4.47. The molecule has 1 atom stereocenters. The Morgan fingerprint density at radius 3 is 2.20 bits per heavy atom. The molecule has 1 aliphatic rings. The standard InChI is InChI=1S/C7H14OS2/c1-6(2)5-10-7(3,8-6)9-4/h5H2,1-4H3. The summed E-state index contributed by atoms with van der Waals surface area (Å²) in [4.78, 5) is 0. The van der Waals surface area contributed by atoms with Crippen LogP contribution in [0.4, 0.5) is 0 Å². The van der Waals surface area contributed by atoms with E-state index in [9.17, 15) is 0 Å². The average Bonchev–Trinajstić information content (AvgIpc) is 2.08. The van der Waals surface area contributed by atoms with E-state index in [4.69, 9.17) is 4.74 Å². The van der Waals surface area contributed by atoms with Crippen molar-refractivity contribution >= 4 is 23.5 Å². The molecule has 1 rings (SSSR count). The molecule has 0 aromatic carbocycles. The lowest BCUT2D eigenvalue weighted by Crippen LogP contribution is -2.26. The second kappa shape index (κ2) is 2.61. The van der Waals surface area contributed by atoms with Crippen LogP contribution in [0.25, 0.3) is 0 Å². The first kappa shape index (κ1) is 8.75. The minimum absolute atomic E-state index is 0.00347. The lowest BCUT2D eigenvalue weighted by Gasteiger charge is -2.24. The minimum atomic E-state index is 0.00347. The molecule has 0 spiro atoms. The zero-order valence-corrected chi connectivity index (χ0v) is 8.56. The highest BCUT2D eigenvalue weighted by Gasteiger charge is 2.40. The normalized spacial score (nSPS) is 38.4. The lowest BCUT2D eigenvalue weighted by atomic mass is 10.2. The molecule has 1 unspecified atom stereocenters. The molecular weight excluding hydrogens is 164 g/mol. The number of hydrogen-bond acceptors (Lipinski definition) is 3. The van der Waals surface area contributed by atoms with Crippen LogP contribution in [0.1, 0.15) is 20.8 Å². The topological polar surface area (TPSA) is 9.23 Å². The lowest BCUT2D eigenvalue weighted by molar-refractivity contribution is -0.00748. The summed E-state index contributed by atoms with van der Waals surface area (Å²) in [5, 5.41) is 0. The summed E-state index contributed by atoms with van der Waals surface area (Å²) < 4.78 is 5.81. The molecule has 1 fully saturated rings. The molecule has 0 aromatic heterocycles. The molecule has 1 aliphatic heterocycles. The maximum atomic E-state index is 5.81. The van der Waals surface area contributed by atoms with Crippen LogP contribution >= 0.6 is 23.5 Å². The fraction of sp³-hybridized carbons (Fsp3) is 1.00. The van der Waals surface area contributed by atoms with Gasteiger partial charge in [-0.1, -0.05) is 0 Å². The fourth-order valence-electron chi connectivity index (χ4n) is 0.966. The maximum Gasteiger partial charge on any atom is 0.158 e. The summed E-state index contributed by atoms with van der Waals surface area (Å²) in [6, 6.07) is 0. The van der Waals surface area contributed by atoms with Crippen LogP contribution in [-0.4, -0.2) is 21.9 Å². The van der Waals surface area contributed by atoms with Crippen LogP contribution in [0.5, 0.6) is 0 Å². The molecule has 0 aliphatic carbocycles. The van der Waals surface area contributed by atoms with Gasteiger partial charge in [0.1, 0.15) is 0 Å². The Labute approximate surface area is 71.3 Å². The maximum absolute atomic E-state index is 5.81. The second-order valence-electron chi connectivity index (χ2n) is 3.22. The van der Waals surface area contributed by atoms with E-state index in [-0.39, 0.29) is 9.87 Å². The van der Waals surface area contributed by atoms with Crippen LogP contribution in [-0.2, 0) is 4.74 Å². The number of thioether (sulfide) groups is 2. The third kappa shape index (κ3) is 1.83. The van der Waals surface area contributed by atoms with Crippen molar-refractivity contribution in [3.05, 3.63) is 0 Å². The summed E-state index contributed by atoms with van der Waals surface area (Å²) >= 11 is 3.67. The minimum Gasteiger partial charge on any atom is -0.348 e. The second-order valence-corrected chi connectivity index (χ2v) is 6.02. The highest BCUT2D eigenvalue weighted by molar-refractivity contribution is 8.17. The zero-order chi connectivity index (χ0) is 7.83. The van der Waals surface area contributed by atoms with Crippen LogP contribution < -0.4 is 0 Å². The number of rotatable bonds is 1. The predicted octanol–water partition coefficient (Wildman–Crippen LogP) is 2.57. The Balaban J connectivity index is 2.57. The van der Waals surface area contributed by atoms with Gasteiger partial charge in [0.15, 0.2) is 4.27 Å². The van der Waals surface area contributed by atoms with Gasteiger partial charge >= 0.3 is 0 Å². The van der Waals surface area contributed by atoms with Gasteiger partial charge in [0.05, 0.1) is 5.60 Å². The van der Waals surface area contributed by atoms with Gasteiger partial charge in [0.2, 0.25) is 0 Å². The van der Waals surface area contributed by atoms with Crippen molar-refractivity contribution in [1.29, 1.82) is 0 Å². The Bertz CT molecular complexity index is 136. The molecule has 0 saturated carbocycles. The van der Waals surface area contributed by atoms with Crippen molar-refractivity contribution < 1.29 is 4.74 Å². The highest BCUT2D eigenvalue weighted by Crippen LogP contribution is 2.47. The molecule has 0 aromatic rings. The third-order valence-corrected chi connectivity index (χ3v) is 4.64. The zero-order valence-electron chi connectivity index (χ0n) is 6.93. The van der Waals surface area contributed by atoms with Crippen LogP contribution in [0, 0.1) is 0 Å². The van der Waals surface area contributed by atoms with Crippen LogP contribution in [0.3, 0.4) is 0 Å². The van der Waals surface area contributed by atoms with Crippen LogP contribution in [0.15, 0.2) is 0 Å². The average molecular weight is 178 g/mol. The molecule has 0 amide bonds. The van der Waals surface area contributed by atoms with E-state index in [0.29, 0.717) is 0 Å². The Morgan fingerprint density at radius 2 is 2.00 bits per heavy atom. The van der Waals surface area contributed by atoms with Crippen molar-refractivity contribution in [2.24, 2.45) is 0 Å². The van der Waals surface area contributed by atoms with Gasteiger partial charge in [-0.15, -0.1) is 23.5 Å². The first-order valence-electron chi connectivity index (χ1n) is 3.37. The van der Waals surface area contributed by atoms with Crippen molar-refractivity contribution in [1.82, 2.24) is 0 Å². The molecule has 1 heterocycles. The first-order valence-corrected chi connectivity index (χ1v) is 5.58. The molecule has 3 heteroatoms. The van der Waals surface area contributed by atoms with E-state index in [1.807, 2.05) is 11.8 Å². The van der Waals surface area contributed by atoms with Gasteiger partial charge in [0, 0.05) is 5.75 Å². The molecule has 0 N–H and O–H groups in total. The molecule has 10 heavy (non-hydrogen) atoms. The highest BCUT2D eigenvalue weighted by atomic mass is 32.2. The number of ether oxygens (including phenoxy) is 1. The Hall–Kier alpha value is 0.660.